The Morgan fingerprint density at radius 1 is 0.571 bits per heavy atom. The summed E-state index contributed by atoms with van der Waals surface area (Å²) in [5.74, 6) is 1.25. The monoisotopic (exact) mass is 512 g/mol. The quantitative estimate of drug-likeness (QED) is 0.247. The van der Waals surface area contributed by atoms with E-state index in [1.807, 2.05) is 0 Å². The predicted octanol–water partition coefficient (Wildman–Crippen LogP) is -0.0401. The van der Waals surface area contributed by atoms with Crippen LogP contribution in [0.5, 0.6) is 0 Å². The number of aromatic nitrogens is 2. The number of unbranched alkanes of at least 4 members (excludes halogenated alkanes) is 11. The molecule has 0 N–H and O–H groups in total. The maximum atomic E-state index is 2.37. The molecular formula is C24H38Br2N2. The summed E-state index contributed by atoms with van der Waals surface area (Å²) in [5.41, 5.74) is 0. The smallest absolute Gasteiger partial charge is 0.449 e. The first-order chi connectivity index (χ1) is 12.9. The lowest BCUT2D eigenvalue weighted by molar-refractivity contribution is -0.792. The van der Waals surface area contributed by atoms with Crippen molar-refractivity contribution in [3.8, 4) is 5.82 Å². The third-order valence-electron chi connectivity index (χ3n) is 5.15. The van der Waals surface area contributed by atoms with E-state index in [2.05, 4.69) is 71.0 Å². The predicted molar refractivity (Wildman–Crippen MR) is 109 cm³/mol. The van der Waals surface area contributed by atoms with Crippen molar-refractivity contribution < 1.29 is 43.1 Å². The fourth-order valence-corrected chi connectivity index (χ4v) is 3.57. The number of aryl methyl sites for hydroxylation is 1. The van der Waals surface area contributed by atoms with Crippen LogP contribution in [0.2, 0.25) is 0 Å². The molecule has 0 saturated heterocycles. The van der Waals surface area contributed by atoms with E-state index < -0.39 is 0 Å². The zero-order valence-corrected chi connectivity index (χ0v) is 20.7. The van der Waals surface area contributed by atoms with Crippen LogP contribution in [0.1, 0.15) is 84.0 Å². The summed E-state index contributed by atoms with van der Waals surface area (Å²) >= 11 is 0. The van der Waals surface area contributed by atoms with Gasteiger partial charge in [-0.2, -0.15) is 0 Å². The Morgan fingerprint density at radius 3 is 1.64 bits per heavy atom. The Bertz CT molecular complexity index is 590. The summed E-state index contributed by atoms with van der Waals surface area (Å²) in [5, 5.41) is 0. The Kier molecular flexibility index (Phi) is 17.8. The first kappa shape index (κ1) is 27.3. The molecule has 0 saturated carbocycles. The van der Waals surface area contributed by atoms with Crippen molar-refractivity contribution >= 4 is 0 Å². The lowest BCUT2D eigenvalue weighted by Gasteiger charge is -2.02. The molecule has 0 aliphatic rings. The van der Waals surface area contributed by atoms with E-state index in [0.717, 1.165) is 6.54 Å². The van der Waals surface area contributed by atoms with E-state index in [1.165, 1.54) is 82.9 Å². The zero-order valence-electron chi connectivity index (χ0n) is 17.5. The molecule has 0 aliphatic heterocycles. The van der Waals surface area contributed by atoms with Gasteiger partial charge >= 0.3 is 5.82 Å². The van der Waals surface area contributed by atoms with E-state index in [0.29, 0.717) is 0 Å². The van der Waals surface area contributed by atoms with Crippen molar-refractivity contribution in [1.29, 1.82) is 0 Å². The van der Waals surface area contributed by atoms with Crippen LogP contribution < -0.4 is 43.1 Å². The fourth-order valence-electron chi connectivity index (χ4n) is 3.57. The van der Waals surface area contributed by atoms with Gasteiger partial charge in [0, 0.05) is 24.6 Å². The molecule has 0 aliphatic carbocycles. The topological polar surface area (TPSA) is 7.76 Å². The highest BCUT2D eigenvalue weighted by atomic mass is 79.9. The van der Waals surface area contributed by atoms with Gasteiger partial charge in [-0.3, -0.25) is 0 Å². The number of hydrogen-bond acceptors (Lipinski definition) is 0. The molecule has 2 aromatic rings. The third kappa shape index (κ3) is 11.3. The van der Waals surface area contributed by atoms with Crippen molar-refractivity contribution in [2.75, 3.05) is 0 Å². The van der Waals surface area contributed by atoms with Crippen molar-refractivity contribution in [3.05, 3.63) is 55.0 Å². The molecular weight excluding hydrogens is 476 g/mol. The number of nitrogens with zero attached hydrogens (tertiary/aromatic N) is 2. The Morgan fingerprint density at radius 2 is 1.07 bits per heavy atom. The largest absolute Gasteiger partial charge is 1.00 e. The second-order valence-corrected chi connectivity index (χ2v) is 7.42. The summed E-state index contributed by atoms with van der Waals surface area (Å²) < 4.78 is 4.57. The SMILES string of the molecule is CCCCCCCCCCCCCC[n+]1ccccc1-[n+]1ccccc1.[Br-].[Br-]. The molecule has 0 radical (unpaired) electrons. The number of hydrogen-bond donors (Lipinski definition) is 0. The standard InChI is InChI=1S/C24H38N2.2BrH/c1-2-3-4-5-6-7-8-9-10-11-12-15-20-26-23-18-14-19-24(26)25-21-16-13-17-22-25;;/h13-14,16-19,21-23H,2-12,15,20H2,1H3;2*1H/q+2;;/p-2. The van der Waals surface area contributed by atoms with Crippen LogP contribution in [0.4, 0.5) is 0 Å². The molecule has 2 nitrogen and oxygen atoms in total. The second-order valence-electron chi connectivity index (χ2n) is 7.42. The van der Waals surface area contributed by atoms with Crippen molar-refractivity contribution in [2.24, 2.45) is 0 Å². The van der Waals surface area contributed by atoms with Gasteiger partial charge in [-0.15, -0.1) is 9.13 Å². The number of rotatable bonds is 14. The van der Waals surface area contributed by atoms with E-state index in [9.17, 15) is 0 Å². The van der Waals surface area contributed by atoms with E-state index in [1.54, 1.807) is 0 Å². The Hall–Kier alpha value is -0.740. The molecule has 158 valence electrons. The van der Waals surface area contributed by atoms with E-state index in [-0.39, 0.29) is 34.0 Å². The van der Waals surface area contributed by atoms with Gasteiger partial charge in [-0.05, 0) is 12.5 Å². The fraction of sp³-hybridized carbons (Fsp3) is 0.583. The molecule has 0 amide bonds. The van der Waals surface area contributed by atoms with Crippen molar-refractivity contribution in [3.63, 3.8) is 0 Å². The van der Waals surface area contributed by atoms with Crippen LogP contribution >= 0.6 is 0 Å². The van der Waals surface area contributed by atoms with E-state index >= 15 is 0 Å². The lowest BCUT2D eigenvalue weighted by Crippen LogP contribution is -3.00. The zero-order chi connectivity index (χ0) is 18.3. The Labute approximate surface area is 193 Å². The molecule has 0 unspecified atom stereocenters. The third-order valence-corrected chi connectivity index (χ3v) is 5.15. The van der Waals surface area contributed by atoms with Crippen LogP contribution in [0.15, 0.2) is 55.0 Å². The van der Waals surface area contributed by atoms with Gasteiger partial charge in [-0.1, -0.05) is 77.2 Å². The van der Waals surface area contributed by atoms with Crippen LogP contribution in [-0.2, 0) is 6.54 Å². The first-order valence-corrected chi connectivity index (χ1v) is 10.9. The van der Waals surface area contributed by atoms with Gasteiger partial charge in [0.15, 0.2) is 25.1 Å². The van der Waals surface area contributed by atoms with Gasteiger partial charge in [-0.25, -0.2) is 0 Å². The molecule has 2 heterocycles. The van der Waals surface area contributed by atoms with Gasteiger partial charge < -0.3 is 34.0 Å². The summed E-state index contributed by atoms with van der Waals surface area (Å²) in [6, 6.07) is 12.7. The summed E-state index contributed by atoms with van der Waals surface area (Å²) in [6.07, 6.45) is 23.3. The average Bonchev–Trinajstić information content (AvgIpc) is 2.70. The molecule has 0 fully saturated rings. The van der Waals surface area contributed by atoms with Crippen molar-refractivity contribution in [1.82, 2.24) is 0 Å². The van der Waals surface area contributed by atoms with Crippen LogP contribution in [0.25, 0.3) is 5.82 Å². The normalized spacial score (nSPS) is 10.2. The molecule has 2 rings (SSSR count). The molecule has 0 bridgehead atoms. The molecule has 28 heavy (non-hydrogen) atoms. The molecule has 2 aromatic heterocycles. The maximum absolute atomic E-state index is 2.37. The van der Waals surface area contributed by atoms with Crippen LogP contribution in [0, 0.1) is 0 Å². The van der Waals surface area contributed by atoms with Gasteiger partial charge in [0.1, 0.15) is 0 Å². The highest BCUT2D eigenvalue weighted by Gasteiger charge is 2.17. The summed E-state index contributed by atoms with van der Waals surface area (Å²) in [7, 11) is 0. The number of halogens is 2. The molecule has 0 atom stereocenters. The maximum Gasteiger partial charge on any atom is 0.449 e. The van der Waals surface area contributed by atoms with Crippen LogP contribution in [0.3, 0.4) is 0 Å². The number of pyridine rings is 2. The lowest BCUT2D eigenvalue weighted by atomic mass is 10.1. The first-order valence-electron chi connectivity index (χ1n) is 10.9. The van der Waals surface area contributed by atoms with E-state index in [4.69, 9.17) is 0 Å². The minimum absolute atomic E-state index is 0. The highest BCUT2D eigenvalue weighted by Crippen LogP contribution is 2.11. The van der Waals surface area contributed by atoms with Gasteiger partial charge in [0.25, 0.3) is 0 Å². The molecule has 4 heteroatoms. The highest BCUT2D eigenvalue weighted by molar-refractivity contribution is 5.03. The molecule has 0 aromatic carbocycles. The average molecular weight is 514 g/mol. The van der Waals surface area contributed by atoms with Crippen molar-refractivity contribution in [2.45, 2.75) is 90.5 Å². The van der Waals surface area contributed by atoms with Gasteiger partial charge in [0.2, 0.25) is 0 Å². The summed E-state index contributed by atoms with van der Waals surface area (Å²) in [4.78, 5) is 0. The minimum Gasteiger partial charge on any atom is -1.00 e. The molecule has 0 spiro atoms. The Balaban J connectivity index is 0.00000364. The summed E-state index contributed by atoms with van der Waals surface area (Å²) in [6.45, 7) is 3.40. The second kappa shape index (κ2) is 18.3. The van der Waals surface area contributed by atoms with Crippen LogP contribution in [-0.4, -0.2) is 0 Å². The van der Waals surface area contributed by atoms with Gasteiger partial charge in [0.05, 0.1) is 6.07 Å². The minimum atomic E-state index is 0.